The van der Waals surface area contributed by atoms with E-state index in [-0.39, 0.29) is 5.41 Å². The third-order valence-corrected chi connectivity index (χ3v) is 11.2. The van der Waals surface area contributed by atoms with E-state index in [0.29, 0.717) is 33.9 Å². The molecule has 3 saturated carbocycles. The molecule has 0 aliphatic heterocycles. The first-order chi connectivity index (χ1) is 14.4. The Morgan fingerprint density at radius 1 is 1.16 bits per heavy atom. The molecule has 0 amide bonds. The second kappa shape index (κ2) is 7.46. The molecule has 3 fully saturated rings. The molecule has 0 heterocycles. The molecule has 4 aliphatic rings. The van der Waals surface area contributed by atoms with Gasteiger partial charge in [-0.1, -0.05) is 77.5 Å². The Kier molecular flexibility index (Phi) is 5.55. The van der Waals surface area contributed by atoms with Crippen molar-refractivity contribution in [3.05, 3.63) is 36.0 Å². The molecule has 0 aromatic carbocycles. The summed E-state index contributed by atoms with van der Waals surface area (Å²) in [5.74, 6) is 3.19. The second-order valence-electron chi connectivity index (χ2n) is 13.0. The first kappa shape index (κ1) is 23.1. The van der Waals surface area contributed by atoms with Gasteiger partial charge in [-0.05, 0) is 91.8 Å². The van der Waals surface area contributed by atoms with Gasteiger partial charge in [0.2, 0.25) is 0 Å². The molecule has 0 N–H and O–H groups in total. The lowest BCUT2D eigenvalue weighted by Crippen LogP contribution is -2.57. The Morgan fingerprint density at radius 3 is 2.55 bits per heavy atom. The van der Waals surface area contributed by atoms with Gasteiger partial charge in [-0.15, -0.1) is 0 Å². The van der Waals surface area contributed by atoms with Crippen LogP contribution in [0.1, 0.15) is 99.8 Å². The van der Waals surface area contributed by atoms with Crippen LogP contribution in [-0.4, -0.2) is 5.78 Å². The van der Waals surface area contributed by atoms with Crippen molar-refractivity contribution in [2.45, 2.75) is 99.8 Å². The van der Waals surface area contributed by atoms with Crippen LogP contribution < -0.4 is 0 Å². The average Bonchev–Trinajstić information content (AvgIpc) is 2.96. The van der Waals surface area contributed by atoms with E-state index in [9.17, 15) is 4.79 Å². The van der Waals surface area contributed by atoms with Gasteiger partial charge in [-0.2, -0.15) is 0 Å². The minimum atomic E-state index is -0.168. The van der Waals surface area contributed by atoms with Crippen molar-refractivity contribution in [2.24, 2.45) is 45.3 Å². The maximum atomic E-state index is 12.8. The highest BCUT2D eigenvalue weighted by molar-refractivity contribution is 5.85. The van der Waals surface area contributed by atoms with Crippen molar-refractivity contribution >= 4 is 5.78 Å². The molecule has 0 spiro atoms. The van der Waals surface area contributed by atoms with Gasteiger partial charge < -0.3 is 0 Å². The van der Waals surface area contributed by atoms with Crippen LogP contribution >= 0.6 is 0 Å². The normalized spacial score (nSPS) is 44.9. The fourth-order valence-electron chi connectivity index (χ4n) is 9.11. The fraction of sp³-hybridized carbons (Fsp3) is 0.767. The van der Waals surface area contributed by atoms with Crippen LogP contribution in [0.5, 0.6) is 0 Å². The molecular formula is C30H46O. The molecule has 1 nitrogen and oxygen atoms in total. The largest absolute Gasteiger partial charge is 0.299 e. The molecule has 31 heavy (non-hydrogen) atoms. The molecular weight excluding hydrogens is 376 g/mol. The number of hydrogen-bond acceptors (Lipinski definition) is 1. The zero-order valence-electron chi connectivity index (χ0n) is 21.3. The number of allylic oxidation sites excluding steroid dienone is 5. The van der Waals surface area contributed by atoms with Crippen molar-refractivity contribution in [3.63, 3.8) is 0 Å². The zero-order chi connectivity index (χ0) is 22.8. The van der Waals surface area contributed by atoms with Crippen molar-refractivity contribution in [1.29, 1.82) is 0 Å². The van der Waals surface area contributed by atoms with Gasteiger partial charge in [0.15, 0.2) is 0 Å². The van der Waals surface area contributed by atoms with Crippen LogP contribution in [0.4, 0.5) is 0 Å². The van der Waals surface area contributed by atoms with E-state index < -0.39 is 0 Å². The van der Waals surface area contributed by atoms with Gasteiger partial charge in [0, 0.05) is 11.8 Å². The summed E-state index contributed by atoms with van der Waals surface area (Å²) >= 11 is 0. The summed E-state index contributed by atoms with van der Waals surface area (Å²) in [5, 5.41) is 0. The Balaban J connectivity index is 1.65. The molecule has 4 rings (SSSR count). The SMILES string of the molecule is C=C(C)/C=C/C[C@H](C)[C@@H]1CC[C@]2(C)C3=CC[C@H]4C(C)(C)C(=O)CC[C@]4(C)[C@H]3CC[C@@]12C. The predicted octanol–water partition coefficient (Wildman–Crippen LogP) is 8.32. The standard InChI is InChI=1S/C30H46O/c1-20(2)10-9-11-21(3)22-14-18-30(8)24-12-13-25-27(4,5)26(31)16-17-28(25,6)23(24)15-19-29(22,30)7/h9-10,12,21-23,25H,1,11,13-19H2,2-8H3/b10-9+/t21-,22-,23-,25-,28+,29-,30+/m0/s1. The molecule has 1 heteroatoms. The predicted molar refractivity (Wildman–Crippen MR) is 132 cm³/mol. The highest BCUT2D eigenvalue weighted by atomic mass is 16.1. The lowest BCUT2D eigenvalue weighted by atomic mass is 9.41. The minimum Gasteiger partial charge on any atom is -0.299 e. The fourth-order valence-corrected chi connectivity index (χ4v) is 9.11. The number of carbonyl (C=O) groups excluding carboxylic acids is 1. The summed E-state index contributed by atoms with van der Waals surface area (Å²) in [6.07, 6.45) is 16.7. The number of Topliss-reactive ketones (excluding diaryl/α,β-unsaturated/α-hetero) is 1. The van der Waals surface area contributed by atoms with Gasteiger partial charge in [0.05, 0.1) is 0 Å². The zero-order valence-corrected chi connectivity index (χ0v) is 21.3. The van der Waals surface area contributed by atoms with Crippen molar-refractivity contribution in [1.82, 2.24) is 0 Å². The molecule has 0 saturated heterocycles. The highest BCUT2D eigenvalue weighted by Gasteiger charge is 2.65. The van der Waals surface area contributed by atoms with E-state index in [1.807, 2.05) is 0 Å². The van der Waals surface area contributed by atoms with Crippen molar-refractivity contribution in [3.8, 4) is 0 Å². The molecule has 0 bridgehead atoms. The van der Waals surface area contributed by atoms with Crippen LogP contribution in [0.25, 0.3) is 0 Å². The van der Waals surface area contributed by atoms with Gasteiger partial charge in [-0.3, -0.25) is 4.79 Å². The van der Waals surface area contributed by atoms with Gasteiger partial charge in [-0.25, -0.2) is 0 Å². The number of fused-ring (bicyclic) bond motifs is 5. The highest BCUT2D eigenvalue weighted by Crippen LogP contribution is 2.73. The first-order valence-electron chi connectivity index (χ1n) is 12.9. The monoisotopic (exact) mass is 422 g/mol. The Morgan fingerprint density at radius 2 is 1.87 bits per heavy atom. The van der Waals surface area contributed by atoms with E-state index in [1.54, 1.807) is 5.57 Å². The van der Waals surface area contributed by atoms with Gasteiger partial charge in [0.1, 0.15) is 5.78 Å². The van der Waals surface area contributed by atoms with Gasteiger partial charge >= 0.3 is 0 Å². The van der Waals surface area contributed by atoms with Crippen LogP contribution in [-0.2, 0) is 4.79 Å². The molecule has 0 radical (unpaired) electrons. The van der Waals surface area contributed by atoms with E-state index in [4.69, 9.17) is 0 Å². The third-order valence-electron chi connectivity index (χ3n) is 11.2. The number of hydrogen-bond donors (Lipinski definition) is 0. The first-order valence-corrected chi connectivity index (χ1v) is 12.9. The van der Waals surface area contributed by atoms with Gasteiger partial charge in [0.25, 0.3) is 0 Å². The number of rotatable bonds is 4. The smallest absolute Gasteiger partial charge is 0.138 e. The Labute approximate surface area is 191 Å². The molecule has 0 aromatic rings. The van der Waals surface area contributed by atoms with Crippen LogP contribution in [0, 0.1) is 45.3 Å². The Bertz CT molecular complexity index is 827. The maximum Gasteiger partial charge on any atom is 0.138 e. The van der Waals surface area contributed by atoms with E-state index in [1.165, 1.54) is 32.1 Å². The lowest BCUT2D eigenvalue weighted by molar-refractivity contribution is -0.146. The summed E-state index contributed by atoms with van der Waals surface area (Å²) in [7, 11) is 0. The molecule has 7 atom stereocenters. The average molecular weight is 423 g/mol. The van der Waals surface area contributed by atoms with Crippen molar-refractivity contribution < 1.29 is 4.79 Å². The van der Waals surface area contributed by atoms with Crippen LogP contribution in [0.3, 0.4) is 0 Å². The van der Waals surface area contributed by atoms with Crippen molar-refractivity contribution in [2.75, 3.05) is 0 Å². The summed E-state index contributed by atoms with van der Waals surface area (Å²) in [4.78, 5) is 12.8. The summed E-state index contributed by atoms with van der Waals surface area (Å²) in [6, 6.07) is 0. The topological polar surface area (TPSA) is 17.1 Å². The third kappa shape index (κ3) is 3.19. The molecule has 172 valence electrons. The lowest BCUT2D eigenvalue weighted by Gasteiger charge is -2.63. The molecule has 4 aliphatic carbocycles. The quantitative estimate of drug-likeness (QED) is 0.329. The molecule has 0 aromatic heterocycles. The van der Waals surface area contributed by atoms with E-state index >= 15 is 0 Å². The summed E-state index contributed by atoms with van der Waals surface area (Å²) < 4.78 is 0. The maximum absolute atomic E-state index is 12.8. The van der Waals surface area contributed by atoms with Crippen LogP contribution in [0.15, 0.2) is 36.0 Å². The van der Waals surface area contributed by atoms with E-state index in [2.05, 4.69) is 73.3 Å². The molecule has 0 unspecified atom stereocenters. The summed E-state index contributed by atoms with van der Waals surface area (Å²) in [5.41, 5.74) is 3.79. The second-order valence-corrected chi connectivity index (χ2v) is 13.0. The summed E-state index contributed by atoms with van der Waals surface area (Å²) in [6.45, 7) is 20.8. The number of carbonyl (C=O) groups is 1. The minimum absolute atomic E-state index is 0.168. The van der Waals surface area contributed by atoms with E-state index in [0.717, 1.165) is 36.7 Å². The number of ketones is 1. The Hall–Kier alpha value is -1.11. The van der Waals surface area contributed by atoms with Crippen LogP contribution in [0.2, 0.25) is 0 Å².